The summed E-state index contributed by atoms with van der Waals surface area (Å²) < 4.78 is 18.5. The van der Waals surface area contributed by atoms with Gasteiger partial charge in [0.05, 0.1) is 16.6 Å². The maximum Gasteiger partial charge on any atom is 0.338 e. The first-order valence-corrected chi connectivity index (χ1v) is 7.34. The van der Waals surface area contributed by atoms with Crippen molar-refractivity contribution in [1.29, 1.82) is 0 Å². The Kier molecular flexibility index (Phi) is 5.33. The summed E-state index contributed by atoms with van der Waals surface area (Å²) in [6.07, 6.45) is 0. The number of benzene rings is 2. The maximum atomic E-state index is 13.1. The van der Waals surface area contributed by atoms with Gasteiger partial charge in [0.25, 0.3) is 0 Å². The molecule has 0 radical (unpaired) electrons. The molecule has 0 aliphatic carbocycles. The van der Waals surface area contributed by atoms with Crippen molar-refractivity contribution in [3.8, 4) is 0 Å². The third-order valence-electron chi connectivity index (χ3n) is 2.88. The van der Waals surface area contributed by atoms with Gasteiger partial charge in [-0.2, -0.15) is 0 Å². The number of anilines is 1. The quantitative estimate of drug-likeness (QED) is 0.812. The molecule has 0 atom stereocenters. The topological polar surface area (TPSA) is 38.3 Å². The molecule has 0 unspecified atom stereocenters. The Hall–Kier alpha value is -1.88. The molecule has 0 aliphatic rings. The van der Waals surface area contributed by atoms with Crippen molar-refractivity contribution in [2.45, 2.75) is 13.5 Å². The van der Waals surface area contributed by atoms with Crippen LogP contribution in [0.25, 0.3) is 0 Å². The second-order valence-electron chi connectivity index (χ2n) is 4.40. The smallest absolute Gasteiger partial charge is 0.338 e. The Balaban J connectivity index is 1.97. The largest absolute Gasteiger partial charge is 0.462 e. The van der Waals surface area contributed by atoms with E-state index >= 15 is 0 Å². The first-order chi connectivity index (χ1) is 10.1. The van der Waals surface area contributed by atoms with Gasteiger partial charge in [0.15, 0.2) is 0 Å². The molecule has 0 saturated carbocycles. The predicted molar refractivity (Wildman–Crippen MR) is 83.8 cm³/mol. The van der Waals surface area contributed by atoms with Crippen LogP contribution in [-0.4, -0.2) is 12.6 Å². The summed E-state index contributed by atoms with van der Waals surface area (Å²) >= 11 is 3.16. The third kappa shape index (κ3) is 4.29. The van der Waals surface area contributed by atoms with E-state index in [2.05, 4.69) is 21.2 Å². The number of hydrogen-bond acceptors (Lipinski definition) is 3. The molecular weight excluding hydrogens is 337 g/mol. The van der Waals surface area contributed by atoms with Gasteiger partial charge in [-0.3, -0.25) is 0 Å². The van der Waals surface area contributed by atoms with Crippen LogP contribution in [0.4, 0.5) is 10.1 Å². The van der Waals surface area contributed by atoms with Crippen molar-refractivity contribution >= 4 is 27.6 Å². The van der Waals surface area contributed by atoms with Crippen LogP contribution in [0.15, 0.2) is 46.9 Å². The number of halogens is 2. The summed E-state index contributed by atoms with van der Waals surface area (Å²) in [7, 11) is 0. The summed E-state index contributed by atoms with van der Waals surface area (Å²) in [5.41, 5.74) is 2.35. The second kappa shape index (κ2) is 7.22. The van der Waals surface area contributed by atoms with E-state index in [1.807, 2.05) is 12.1 Å². The molecule has 0 aliphatic heterocycles. The molecule has 2 aromatic carbocycles. The molecule has 110 valence electrons. The molecule has 0 fully saturated rings. The average molecular weight is 352 g/mol. The van der Waals surface area contributed by atoms with Crippen molar-refractivity contribution < 1.29 is 13.9 Å². The van der Waals surface area contributed by atoms with Crippen LogP contribution in [0, 0.1) is 5.82 Å². The molecule has 0 aromatic heterocycles. The summed E-state index contributed by atoms with van der Waals surface area (Å²) in [5.74, 6) is -0.607. The number of ether oxygens (including phenoxy) is 1. The molecule has 2 rings (SSSR count). The van der Waals surface area contributed by atoms with Crippen LogP contribution in [0.2, 0.25) is 0 Å². The van der Waals surface area contributed by atoms with Crippen molar-refractivity contribution in [3.63, 3.8) is 0 Å². The number of hydrogen-bond donors (Lipinski definition) is 1. The highest BCUT2D eigenvalue weighted by Gasteiger charge is 2.05. The van der Waals surface area contributed by atoms with Crippen molar-refractivity contribution in [2.24, 2.45) is 0 Å². The van der Waals surface area contributed by atoms with Crippen LogP contribution >= 0.6 is 15.9 Å². The summed E-state index contributed by atoms with van der Waals surface area (Å²) in [6.45, 7) is 2.70. The van der Waals surface area contributed by atoms with Gasteiger partial charge in [-0.05, 0) is 64.8 Å². The standard InChI is InChI=1S/C16H15BrFNO2/c1-2-21-16(20)12-4-6-13(7-5-12)19-10-11-3-8-15(18)14(17)9-11/h3-9,19H,2,10H2,1H3. The second-order valence-corrected chi connectivity index (χ2v) is 5.25. The van der Waals surface area contributed by atoms with E-state index in [0.29, 0.717) is 23.2 Å². The van der Waals surface area contributed by atoms with Gasteiger partial charge in [0.2, 0.25) is 0 Å². The van der Waals surface area contributed by atoms with E-state index in [-0.39, 0.29) is 11.8 Å². The number of esters is 1. The van der Waals surface area contributed by atoms with Gasteiger partial charge in [0, 0.05) is 12.2 Å². The van der Waals surface area contributed by atoms with Crippen molar-refractivity contribution in [1.82, 2.24) is 0 Å². The van der Waals surface area contributed by atoms with E-state index in [1.165, 1.54) is 6.07 Å². The Morgan fingerprint density at radius 2 is 1.95 bits per heavy atom. The van der Waals surface area contributed by atoms with Gasteiger partial charge in [-0.15, -0.1) is 0 Å². The molecule has 5 heteroatoms. The van der Waals surface area contributed by atoms with Crippen LogP contribution in [0.3, 0.4) is 0 Å². The monoisotopic (exact) mass is 351 g/mol. The fourth-order valence-corrected chi connectivity index (χ4v) is 2.22. The first kappa shape index (κ1) is 15.5. The molecular formula is C16H15BrFNO2. The Morgan fingerprint density at radius 3 is 2.57 bits per heavy atom. The van der Waals surface area contributed by atoms with Crippen LogP contribution in [0.5, 0.6) is 0 Å². The number of carbonyl (C=O) groups is 1. The van der Waals surface area contributed by atoms with Gasteiger partial charge in [-0.25, -0.2) is 9.18 Å². The Bertz CT molecular complexity index is 629. The fraction of sp³-hybridized carbons (Fsp3) is 0.188. The molecule has 2 aromatic rings. The molecule has 0 saturated heterocycles. The lowest BCUT2D eigenvalue weighted by atomic mass is 10.2. The lowest BCUT2D eigenvalue weighted by molar-refractivity contribution is 0.0526. The molecule has 0 bridgehead atoms. The minimum Gasteiger partial charge on any atom is -0.462 e. The Morgan fingerprint density at radius 1 is 1.24 bits per heavy atom. The van der Waals surface area contributed by atoms with E-state index in [9.17, 15) is 9.18 Å². The van der Waals surface area contributed by atoms with E-state index in [1.54, 1.807) is 31.2 Å². The number of nitrogens with one attached hydrogen (secondary N) is 1. The minimum absolute atomic E-state index is 0.280. The highest BCUT2D eigenvalue weighted by atomic mass is 79.9. The normalized spacial score (nSPS) is 10.2. The minimum atomic E-state index is -0.327. The molecule has 0 spiro atoms. The van der Waals surface area contributed by atoms with Gasteiger partial charge >= 0.3 is 5.97 Å². The van der Waals surface area contributed by atoms with Crippen LogP contribution in [-0.2, 0) is 11.3 Å². The molecule has 3 nitrogen and oxygen atoms in total. The van der Waals surface area contributed by atoms with Gasteiger partial charge < -0.3 is 10.1 Å². The Labute approximate surface area is 131 Å². The molecule has 1 N–H and O–H groups in total. The zero-order valence-corrected chi connectivity index (χ0v) is 13.1. The lowest BCUT2D eigenvalue weighted by Crippen LogP contribution is -2.05. The van der Waals surface area contributed by atoms with Gasteiger partial charge in [-0.1, -0.05) is 6.07 Å². The van der Waals surface area contributed by atoms with E-state index in [4.69, 9.17) is 4.74 Å². The molecule has 21 heavy (non-hydrogen) atoms. The summed E-state index contributed by atoms with van der Waals surface area (Å²) in [6, 6.07) is 11.9. The summed E-state index contributed by atoms with van der Waals surface area (Å²) in [4.78, 5) is 11.5. The van der Waals surface area contributed by atoms with Crippen molar-refractivity contribution in [2.75, 3.05) is 11.9 Å². The zero-order valence-electron chi connectivity index (χ0n) is 11.5. The summed E-state index contributed by atoms with van der Waals surface area (Å²) in [5, 5.41) is 3.21. The SMILES string of the molecule is CCOC(=O)c1ccc(NCc2ccc(F)c(Br)c2)cc1. The first-order valence-electron chi connectivity index (χ1n) is 6.55. The third-order valence-corrected chi connectivity index (χ3v) is 3.48. The fourth-order valence-electron chi connectivity index (χ4n) is 1.79. The highest BCUT2D eigenvalue weighted by molar-refractivity contribution is 9.10. The van der Waals surface area contributed by atoms with Crippen molar-refractivity contribution in [3.05, 3.63) is 63.9 Å². The van der Waals surface area contributed by atoms with E-state index in [0.717, 1.165) is 11.3 Å². The lowest BCUT2D eigenvalue weighted by Gasteiger charge is -2.08. The predicted octanol–water partition coefficient (Wildman–Crippen LogP) is 4.38. The van der Waals surface area contributed by atoms with Crippen LogP contribution < -0.4 is 5.32 Å². The highest BCUT2D eigenvalue weighted by Crippen LogP contribution is 2.18. The number of carbonyl (C=O) groups excluding carboxylic acids is 1. The maximum absolute atomic E-state index is 13.1. The van der Waals surface area contributed by atoms with Gasteiger partial charge in [0.1, 0.15) is 5.82 Å². The van der Waals surface area contributed by atoms with E-state index < -0.39 is 0 Å². The number of rotatable bonds is 5. The zero-order chi connectivity index (χ0) is 15.2. The average Bonchev–Trinajstić information content (AvgIpc) is 2.49. The van der Waals surface area contributed by atoms with Crippen LogP contribution in [0.1, 0.15) is 22.8 Å². The molecule has 0 amide bonds. The molecule has 0 heterocycles.